The van der Waals surface area contributed by atoms with E-state index < -0.39 is 4.92 Å². The topological polar surface area (TPSA) is 124 Å². The first-order chi connectivity index (χ1) is 7.06. The van der Waals surface area contributed by atoms with E-state index in [0.29, 0.717) is 11.7 Å². The van der Waals surface area contributed by atoms with Gasteiger partial charge in [0.2, 0.25) is 0 Å². The highest BCUT2D eigenvalue weighted by Crippen LogP contribution is 2.13. The minimum Gasteiger partial charge on any atom is -0.322 e. The molecule has 8 nitrogen and oxygen atoms in total. The Labute approximate surface area is 85.3 Å². The molecule has 0 aromatic carbocycles. The van der Waals surface area contributed by atoms with Crippen molar-refractivity contribution in [2.24, 2.45) is 16.8 Å². The Hall–Kier alpha value is -2.22. The molecule has 1 aromatic rings. The van der Waals surface area contributed by atoms with E-state index in [4.69, 9.17) is 11.7 Å². The third kappa shape index (κ3) is 2.38. The zero-order valence-electron chi connectivity index (χ0n) is 7.99. The van der Waals surface area contributed by atoms with Crippen LogP contribution in [0.2, 0.25) is 0 Å². The van der Waals surface area contributed by atoms with Gasteiger partial charge in [0, 0.05) is 6.07 Å². The Morgan fingerprint density at radius 2 is 2.33 bits per heavy atom. The first-order valence-corrected chi connectivity index (χ1v) is 3.96. The average Bonchev–Trinajstić information content (AvgIpc) is 2.27. The molecule has 0 aliphatic rings. The fourth-order valence-corrected chi connectivity index (χ4v) is 0.857. The molecule has 1 heterocycles. The Kier molecular flexibility index (Phi) is 3.13. The van der Waals surface area contributed by atoms with Gasteiger partial charge >= 0.3 is 0 Å². The van der Waals surface area contributed by atoms with E-state index in [-0.39, 0.29) is 5.69 Å². The molecule has 0 amide bonds. The Bertz CT molecular complexity index is 387. The van der Waals surface area contributed by atoms with E-state index in [1.54, 1.807) is 6.92 Å². The molecule has 80 valence electrons. The second-order valence-electron chi connectivity index (χ2n) is 2.68. The summed E-state index contributed by atoms with van der Waals surface area (Å²) in [4.78, 5) is 13.6. The van der Waals surface area contributed by atoms with Gasteiger partial charge in [-0.15, -0.1) is 0 Å². The molecule has 8 heteroatoms. The molecular weight excluding hydrogens is 200 g/mol. The van der Waals surface area contributed by atoms with Gasteiger partial charge in [-0.3, -0.25) is 10.1 Å². The van der Waals surface area contributed by atoms with Gasteiger partial charge in [0.05, 0.1) is 4.92 Å². The minimum atomic E-state index is -0.540. The number of hydrazine groups is 1. The van der Waals surface area contributed by atoms with Gasteiger partial charge < -0.3 is 5.84 Å². The third-order valence-electron chi connectivity index (χ3n) is 1.73. The standard InChI is InChI=1S/C7H10N6O2/c1-5(11-8)12(9)7-3-2-6(4-10-7)13(14)15/h2-4H,8-9H2,1H3/b11-5-. The predicted molar refractivity (Wildman–Crippen MR) is 54.9 cm³/mol. The molecule has 1 aromatic heterocycles. The molecule has 0 aliphatic heterocycles. The number of nitrogens with two attached hydrogens (primary N) is 2. The maximum Gasteiger partial charge on any atom is 0.287 e. The zero-order valence-corrected chi connectivity index (χ0v) is 7.99. The highest BCUT2D eigenvalue weighted by atomic mass is 16.6. The Morgan fingerprint density at radius 3 is 2.73 bits per heavy atom. The van der Waals surface area contributed by atoms with Crippen LogP contribution in [0.5, 0.6) is 0 Å². The lowest BCUT2D eigenvalue weighted by atomic mass is 10.4. The molecule has 0 bridgehead atoms. The highest BCUT2D eigenvalue weighted by Gasteiger charge is 2.09. The first kappa shape index (κ1) is 10.9. The van der Waals surface area contributed by atoms with E-state index in [2.05, 4.69) is 10.1 Å². The fourth-order valence-electron chi connectivity index (χ4n) is 0.857. The second-order valence-corrected chi connectivity index (χ2v) is 2.68. The largest absolute Gasteiger partial charge is 0.322 e. The summed E-state index contributed by atoms with van der Waals surface area (Å²) in [5.74, 6) is 11.3. The normalized spacial score (nSPS) is 11.2. The molecule has 0 unspecified atom stereocenters. The quantitative estimate of drug-likeness (QED) is 0.232. The van der Waals surface area contributed by atoms with Crippen LogP contribution in [0.25, 0.3) is 0 Å². The van der Waals surface area contributed by atoms with Gasteiger partial charge in [-0.1, -0.05) is 0 Å². The zero-order chi connectivity index (χ0) is 11.4. The summed E-state index contributed by atoms with van der Waals surface area (Å²) in [5, 5.41) is 14.8. The number of nitrogens with zero attached hydrogens (tertiary/aromatic N) is 4. The van der Waals surface area contributed by atoms with Gasteiger partial charge in [0.25, 0.3) is 5.69 Å². The highest BCUT2D eigenvalue weighted by molar-refractivity contribution is 5.93. The van der Waals surface area contributed by atoms with Crippen molar-refractivity contribution in [2.45, 2.75) is 6.92 Å². The van der Waals surface area contributed by atoms with Gasteiger partial charge in [-0.2, -0.15) is 5.10 Å². The van der Waals surface area contributed by atoms with Crippen molar-refractivity contribution in [3.05, 3.63) is 28.4 Å². The van der Waals surface area contributed by atoms with Crippen molar-refractivity contribution in [2.75, 3.05) is 5.01 Å². The molecule has 0 fully saturated rings. The maximum atomic E-state index is 10.3. The monoisotopic (exact) mass is 210 g/mol. The van der Waals surface area contributed by atoms with Crippen LogP contribution in [-0.4, -0.2) is 15.7 Å². The summed E-state index contributed by atoms with van der Waals surface area (Å²) >= 11 is 0. The van der Waals surface area contributed by atoms with Crippen LogP contribution in [0.1, 0.15) is 6.92 Å². The summed E-state index contributed by atoms with van der Waals surface area (Å²) in [6.07, 6.45) is 1.11. The van der Waals surface area contributed by atoms with Crippen molar-refractivity contribution in [3.8, 4) is 0 Å². The smallest absolute Gasteiger partial charge is 0.287 e. The van der Waals surface area contributed by atoms with Crippen molar-refractivity contribution in [3.63, 3.8) is 0 Å². The average molecular weight is 210 g/mol. The molecule has 0 saturated heterocycles. The lowest BCUT2D eigenvalue weighted by Gasteiger charge is -2.15. The molecule has 4 N–H and O–H groups in total. The number of hydrogen-bond acceptors (Lipinski definition) is 6. The molecule has 0 saturated carbocycles. The van der Waals surface area contributed by atoms with Crippen molar-refractivity contribution in [1.29, 1.82) is 0 Å². The molecule has 0 spiro atoms. The van der Waals surface area contributed by atoms with Crippen molar-refractivity contribution in [1.82, 2.24) is 4.98 Å². The van der Waals surface area contributed by atoms with E-state index in [1.165, 1.54) is 12.1 Å². The van der Waals surface area contributed by atoms with Crippen LogP contribution < -0.4 is 16.7 Å². The van der Waals surface area contributed by atoms with Crippen LogP contribution in [-0.2, 0) is 0 Å². The Morgan fingerprint density at radius 1 is 1.67 bits per heavy atom. The lowest BCUT2D eigenvalue weighted by Crippen LogP contribution is -2.37. The minimum absolute atomic E-state index is 0.102. The molecule has 0 aliphatic carbocycles. The van der Waals surface area contributed by atoms with Gasteiger partial charge in [-0.25, -0.2) is 15.8 Å². The Balaban J connectivity index is 2.94. The third-order valence-corrected chi connectivity index (χ3v) is 1.73. The SMILES string of the molecule is C/C(=N/N)N(N)c1ccc([N+](=O)[O-])cn1. The molecule has 15 heavy (non-hydrogen) atoms. The number of anilines is 1. The van der Waals surface area contributed by atoms with Crippen LogP contribution in [0, 0.1) is 10.1 Å². The van der Waals surface area contributed by atoms with Gasteiger partial charge in [-0.05, 0) is 13.0 Å². The number of hydrazone groups is 1. The van der Waals surface area contributed by atoms with E-state index in [0.717, 1.165) is 11.2 Å². The first-order valence-electron chi connectivity index (χ1n) is 3.96. The summed E-state index contributed by atoms with van der Waals surface area (Å²) in [7, 11) is 0. The molecular formula is C7H10N6O2. The fraction of sp³-hybridized carbons (Fsp3) is 0.143. The number of hydrogen-bond donors (Lipinski definition) is 2. The summed E-state index contributed by atoms with van der Waals surface area (Å²) in [5.41, 5.74) is -0.102. The molecule has 0 atom stereocenters. The van der Waals surface area contributed by atoms with Gasteiger partial charge in [0.1, 0.15) is 17.9 Å². The second kappa shape index (κ2) is 4.33. The van der Waals surface area contributed by atoms with Gasteiger partial charge in [0.15, 0.2) is 0 Å². The van der Waals surface area contributed by atoms with Crippen molar-refractivity contribution < 1.29 is 4.92 Å². The maximum absolute atomic E-state index is 10.3. The summed E-state index contributed by atoms with van der Waals surface area (Å²) in [6.45, 7) is 1.59. The van der Waals surface area contributed by atoms with Crippen LogP contribution in [0.15, 0.2) is 23.4 Å². The number of nitro groups is 1. The predicted octanol–water partition coefficient (Wildman–Crippen LogP) is -0.0380. The van der Waals surface area contributed by atoms with E-state index >= 15 is 0 Å². The number of aromatic nitrogens is 1. The van der Waals surface area contributed by atoms with Crippen LogP contribution in [0.3, 0.4) is 0 Å². The molecule has 0 radical (unpaired) electrons. The molecule has 1 rings (SSSR count). The van der Waals surface area contributed by atoms with Crippen LogP contribution >= 0.6 is 0 Å². The number of pyridine rings is 1. The van der Waals surface area contributed by atoms with E-state index in [1.807, 2.05) is 0 Å². The van der Waals surface area contributed by atoms with E-state index in [9.17, 15) is 10.1 Å². The number of amidine groups is 1. The summed E-state index contributed by atoms with van der Waals surface area (Å²) in [6, 6.07) is 2.71. The lowest BCUT2D eigenvalue weighted by molar-refractivity contribution is -0.385. The number of rotatable bonds is 2. The van der Waals surface area contributed by atoms with Crippen LogP contribution in [0.4, 0.5) is 11.5 Å². The van der Waals surface area contributed by atoms with Crippen molar-refractivity contribution >= 4 is 17.3 Å². The summed E-state index contributed by atoms with van der Waals surface area (Å²) < 4.78 is 0.